The molecule has 176 valence electrons. The standard InChI is InChI=1S/C23H27N3O6S/c1-3-31-19-9-5-4-8-17(19)25-23(28)16-7-6-10-26(13-16)33(29,30)21-12-20-18(11-15(21)2)24-22(27)14-32-20/h4-5,8-9,11-12,16H,3,6-7,10,13-14H2,1-2H3,(H,24,27)(H,25,28)/t16-/m0/s1. The molecule has 2 aromatic rings. The maximum absolute atomic E-state index is 13.5. The molecule has 0 aliphatic carbocycles. The fourth-order valence-electron chi connectivity index (χ4n) is 4.09. The van der Waals surface area contributed by atoms with Crippen LogP contribution in [0.15, 0.2) is 41.3 Å². The molecule has 0 spiro atoms. The Morgan fingerprint density at radius 1 is 1.30 bits per heavy atom. The monoisotopic (exact) mass is 473 g/mol. The van der Waals surface area contributed by atoms with Gasteiger partial charge in [0.25, 0.3) is 5.91 Å². The number of benzene rings is 2. The van der Waals surface area contributed by atoms with Gasteiger partial charge in [-0.05, 0) is 50.5 Å². The van der Waals surface area contributed by atoms with Crippen molar-refractivity contribution < 1.29 is 27.5 Å². The number of hydrogen-bond acceptors (Lipinski definition) is 6. The second kappa shape index (κ2) is 9.40. The molecule has 10 heteroatoms. The number of aryl methyl sites for hydroxylation is 1. The van der Waals surface area contributed by atoms with Crippen molar-refractivity contribution >= 4 is 33.2 Å². The van der Waals surface area contributed by atoms with Gasteiger partial charge in [0.05, 0.1) is 28.8 Å². The summed E-state index contributed by atoms with van der Waals surface area (Å²) in [7, 11) is -3.86. The number of para-hydroxylation sites is 2. The number of nitrogens with one attached hydrogen (secondary N) is 2. The van der Waals surface area contributed by atoms with Crippen LogP contribution >= 0.6 is 0 Å². The van der Waals surface area contributed by atoms with Gasteiger partial charge in [0.1, 0.15) is 11.5 Å². The molecular weight excluding hydrogens is 446 g/mol. The molecule has 2 aromatic carbocycles. The van der Waals surface area contributed by atoms with Crippen LogP contribution in [0, 0.1) is 12.8 Å². The van der Waals surface area contributed by atoms with Crippen molar-refractivity contribution in [2.75, 3.05) is 36.9 Å². The summed E-state index contributed by atoms with van der Waals surface area (Å²) in [5, 5.41) is 5.57. The Balaban J connectivity index is 1.52. The quantitative estimate of drug-likeness (QED) is 0.667. The molecule has 0 radical (unpaired) electrons. The van der Waals surface area contributed by atoms with E-state index in [2.05, 4.69) is 10.6 Å². The lowest BCUT2D eigenvalue weighted by molar-refractivity contribution is -0.121. The SMILES string of the molecule is CCOc1ccccc1NC(=O)[C@H]1CCCN(S(=O)(=O)c2cc3c(cc2C)NC(=O)CO3)C1. The highest BCUT2D eigenvalue weighted by Crippen LogP contribution is 2.35. The smallest absolute Gasteiger partial charge is 0.262 e. The van der Waals surface area contributed by atoms with Crippen LogP contribution in [0.4, 0.5) is 11.4 Å². The predicted octanol–water partition coefficient (Wildman–Crippen LogP) is 2.76. The summed E-state index contributed by atoms with van der Waals surface area (Å²) in [5.74, 6) is -0.122. The Labute approximate surface area is 193 Å². The number of rotatable bonds is 6. The van der Waals surface area contributed by atoms with Gasteiger partial charge in [0.15, 0.2) is 6.61 Å². The molecule has 2 heterocycles. The molecule has 1 fully saturated rings. The average Bonchev–Trinajstić information content (AvgIpc) is 2.80. The lowest BCUT2D eigenvalue weighted by atomic mass is 9.98. The van der Waals surface area contributed by atoms with Crippen LogP contribution in [0.3, 0.4) is 0 Å². The molecule has 0 bridgehead atoms. The minimum absolute atomic E-state index is 0.0824. The van der Waals surface area contributed by atoms with E-state index in [4.69, 9.17) is 9.47 Å². The number of hydrogen-bond donors (Lipinski definition) is 2. The summed E-state index contributed by atoms with van der Waals surface area (Å²) in [4.78, 5) is 24.6. The zero-order chi connectivity index (χ0) is 23.6. The van der Waals surface area contributed by atoms with Gasteiger partial charge in [-0.25, -0.2) is 8.42 Å². The average molecular weight is 474 g/mol. The fourth-order valence-corrected chi connectivity index (χ4v) is 5.84. The van der Waals surface area contributed by atoms with Gasteiger partial charge in [-0.3, -0.25) is 9.59 Å². The molecule has 0 aromatic heterocycles. The normalized spacial score (nSPS) is 18.6. The number of carbonyl (C=O) groups excluding carboxylic acids is 2. The molecule has 1 atom stereocenters. The van der Waals surface area contributed by atoms with E-state index in [0.29, 0.717) is 54.4 Å². The minimum Gasteiger partial charge on any atom is -0.492 e. The van der Waals surface area contributed by atoms with Crippen molar-refractivity contribution in [3.63, 3.8) is 0 Å². The summed E-state index contributed by atoms with van der Waals surface area (Å²) in [6, 6.07) is 10.2. The molecule has 1 saturated heterocycles. The number of ether oxygens (including phenoxy) is 2. The largest absolute Gasteiger partial charge is 0.492 e. The van der Waals surface area contributed by atoms with Gasteiger partial charge < -0.3 is 20.1 Å². The maximum atomic E-state index is 13.5. The minimum atomic E-state index is -3.86. The predicted molar refractivity (Wildman–Crippen MR) is 123 cm³/mol. The first kappa shape index (κ1) is 23.1. The van der Waals surface area contributed by atoms with E-state index >= 15 is 0 Å². The first-order valence-corrected chi connectivity index (χ1v) is 12.3. The van der Waals surface area contributed by atoms with Gasteiger partial charge >= 0.3 is 0 Å². The van der Waals surface area contributed by atoms with Crippen LogP contribution in [-0.2, 0) is 19.6 Å². The highest BCUT2D eigenvalue weighted by molar-refractivity contribution is 7.89. The van der Waals surface area contributed by atoms with Crippen LogP contribution < -0.4 is 20.1 Å². The van der Waals surface area contributed by atoms with Crippen molar-refractivity contribution in [2.45, 2.75) is 31.6 Å². The van der Waals surface area contributed by atoms with Crippen LogP contribution in [0.25, 0.3) is 0 Å². The summed E-state index contributed by atoms with van der Waals surface area (Å²) in [6.45, 7) is 4.26. The van der Waals surface area contributed by atoms with E-state index < -0.39 is 15.9 Å². The molecule has 33 heavy (non-hydrogen) atoms. The number of carbonyl (C=O) groups is 2. The van der Waals surface area contributed by atoms with E-state index in [-0.39, 0.29) is 29.9 Å². The van der Waals surface area contributed by atoms with Crippen molar-refractivity contribution in [1.82, 2.24) is 4.31 Å². The Kier molecular flexibility index (Phi) is 6.57. The topological polar surface area (TPSA) is 114 Å². The van der Waals surface area contributed by atoms with Gasteiger partial charge in [0.2, 0.25) is 15.9 Å². The van der Waals surface area contributed by atoms with Gasteiger partial charge in [-0.2, -0.15) is 4.31 Å². The third-order valence-electron chi connectivity index (χ3n) is 5.73. The van der Waals surface area contributed by atoms with Gasteiger partial charge in [-0.15, -0.1) is 0 Å². The van der Waals surface area contributed by atoms with Crippen LogP contribution in [0.5, 0.6) is 11.5 Å². The lowest BCUT2D eigenvalue weighted by Crippen LogP contribution is -2.44. The number of amides is 2. The lowest BCUT2D eigenvalue weighted by Gasteiger charge is -2.32. The highest BCUT2D eigenvalue weighted by atomic mass is 32.2. The van der Waals surface area contributed by atoms with E-state index in [9.17, 15) is 18.0 Å². The van der Waals surface area contributed by atoms with Crippen molar-refractivity contribution in [3.8, 4) is 11.5 Å². The van der Waals surface area contributed by atoms with Gasteiger partial charge in [-0.1, -0.05) is 12.1 Å². The molecule has 9 nitrogen and oxygen atoms in total. The number of fused-ring (bicyclic) bond motifs is 1. The zero-order valence-electron chi connectivity index (χ0n) is 18.6. The van der Waals surface area contributed by atoms with E-state index in [1.54, 1.807) is 31.2 Å². The van der Waals surface area contributed by atoms with Crippen LogP contribution in [0.2, 0.25) is 0 Å². The number of piperidine rings is 1. The third kappa shape index (κ3) is 4.81. The first-order valence-electron chi connectivity index (χ1n) is 10.9. The molecule has 0 saturated carbocycles. The summed E-state index contributed by atoms with van der Waals surface area (Å²) < 4.78 is 39.2. The molecule has 2 aliphatic heterocycles. The van der Waals surface area contributed by atoms with E-state index in [1.165, 1.54) is 10.4 Å². The Morgan fingerprint density at radius 2 is 2.09 bits per heavy atom. The maximum Gasteiger partial charge on any atom is 0.262 e. The van der Waals surface area contributed by atoms with E-state index in [0.717, 1.165) is 0 Å². The number of anilines is 2. The number of sulfonamides is 1. The van der Waals surface area contributed by atoms with Crippen molar-refractivity contribution in [3.05, 3.63) is 42.0 Å². The fraction of sp³-hybridized carbons (Fsp3) is 0.391. The molecule has 2 N–H and O–H groups in total. The molecule has 0 unspecified atom stereocenters. The summed E-state index contributed by atoms with van der Waals surface area (Å²) in [6.07, 6.45) is 1.16. The second-order valence-corrected chi connectivity index (χ2v) is 9.98. The molecule has 2 aliphatic rings. The highest BCUT2D eigenvalue weighted by Gasteiger charge is 2.35. The summed E-state index contributed by atoms with van der Waals surface area (Å²) in [5.41, 5.74) is 1.51. The van der Waals surface area contributed by atoms with Crippen molar-refractivity contribution in [1.29, 1.82) is 0 Å². The molecule has 4 rings (SSSR count). The zero-order valence-corrected chi connectivity index (χ0v) is 19.4. The molecule has 2 amide bonds. The van der Waals surface area contributed by atoms with Crippen molar-refractivity contribution in [2.24, 2.45) is 5.92 Å². The van der Waals surface area contributed by atoms with Crippen LogP contribution in [-0.4, -0.2) is 50.8 Å². The van der Waals surface area contributed by atoms with Crippen LogP contribution in [0.1, 0.15) is 25.3 Å². The number of nitrogens with zero attached hydrogens (tertiary/aromatic N) is 1. The Morgan fingerprint density at radius 3 is 2.88 bits per heavy atom. The summed E-state index contributed by atoms with van der Waals surface area (Å²) >= 11 is 0. The Hall–Kier alpha value is -3.11. The first-order chi connectivity index (χ1) is 15.8. The van der Waals surface area contributed by atoms with Gasteiger partial charge in [0, 0.05) is 19.2 Å². The molecular formula is C23H27N3O6S. The Bertz CT molecular complexity index is 1180. The second-order valence-electron chi connectivity index (χ2n) is 8.07. The van der Waals surface area contributed by atoms with E-state index in [1.807, 2.05) is 13.0 Å². The third-order valence-corrected chi connectivity index (χ3v) is 7.73.